The number of hydrogen-bond acceptors (Lipinski definition) is 8. The van der Waals surface area contributed by atoms with Crippen LogP contribution < -0.4 is 20.1 Å². The molecule has 0 fully saturated rings. The van der Waals surface area contributed by atoms with Gasteiger partial charge in [0.05, 0.1) is 58.4 Å². The summed E-state index contributed by atoms with van der Waals surface area (Å²) < 4.78 is 12.5. The Morgan fingerprint density at radius 1 is 0.500 bits per heavy atom. The topological polar surface area (TPSA) is 138 Å². The first-order chi connectivity index (χ1) is 22.3. The highest BCUT2D eigenvalue weighted by atomic mass is 16.5. The van der Waals surface area contributed by atoms with Gasteiger partial charge in [0.15, 0.2) is 0 Å². The van der Waals surface area contributed by atoms with Gasteiger partial charge < -0.3 is 20.1 Å². The summed E-state index contributed by atoms with van der Waals surface area (Å²) in [4.78, 5) is 0. The molecule has 3 aromatic carbocycles. The highest BCUT2D eigenvalue weighted by Gasteiger charge is 2.32. The minimum absolute atomic E-state index is 0.294. The highest BCUT2D eigenvalue weighted by Crippen LogP contribution is 2.42. The summed E-state index contributed by atoms with van der Waals surface area (Å²) in [5.41, 5.74) is 8.30. The van der Waals surface area contributed by atoms with E-state index in [1.54, 1.807) is 0 Å². The molecular formula is C38H32N6O2. The summed E-state index contributed by atoms with van der Waals surface area (Å²) in [6, 6.07) is 32.1. The van der Waals surface area contributed by atoms with E-state index >= 15 is 0 Å². The normalized spacial score (nSPS) is 15.3. The van der Waals surface area contributed by atoms with E-state index in [1.165, 1.54) is 0 Å². The predicted octanol–water partition coefficient (Wildman–Crippen LogP) is 7.41. The summed E-state index contributed by atoms with van der Waals surface area (Å²) in [6.07, 6.45) is 0. The smallest absolute Gasteiger partial charge is 0.124 e. The largest absolute Gasteiger partial charge is 0.489 e. The van der Waals surface area contributed by atoms with Crippen LogP contribution in [0.4, 0.5) is 0 Å². The summed E-state index contributed by atoms with van der Waals surface area (Å²) in [5.74, 6) is 0.206. The SMILES string of the molecule is CC1=C(C#N)C(c2ccccc2OCc2ccc(COc3ccccc3C3C(C#N)=C(C)NC(C)=C3C#N)cc2)C(C#N)=C(C)N1. The molecule has 226 valence electrons. The fourth-order valence-corrected chi connectivity index (χ4v) is 5.96. The van der Waals surface area contributed by atoms with Crippen LogP contribution in [0.1, 0.15) is 61.8 Å². The maximum atomic E-state index is 9.92. The number of ether oxygens (including phenoxy) is 2. The van der Waals surface area contributed by atoms with Gasteiger partial charge in [-0.05, 0) is 51.0 Å². The molecule has 2 N–H and O–H groups in total. The molecule has 0 saturated heterocycles. The molecule has 2 aliphatic heterocycles. The van der Waals surface area contributed by atoms with Crippen molar-refractivity contribution in [2.75, 3.05) is 0 Å². The molecule has 8 heteroatoms. The molecule has 0 aliphatic carbocycles. The first-order valence-corrected chi connectivity index (χ1v) is 14.8. The van der Waals surface area contributed by atoms with Crippen LogP contribution in [0.25, 0.3) is 0 Å². The Morgan fingerprint density at radius 2 is 0.804 bits per heavy atom. The number of allylic oxidation sites excluding steroid dienone is 8. The Labute approximate surface area is 269 Å². The van der Waals surface area contributed by atoms with Crippen LogP contribution in [0.5, 0.6) is 11.5 Å². The molecule has 0 radical (unpaired) electrons. The second kappa shape index (κ2) is 13.6. The van der Waals surface area contributed by atoms with Crippen LogP contribution in [0.2, 0.25) is 0 Å². The second-order valence-corrected chi connectivity index (χ2v) is 11.2. The average Bonchev–Trinajstić information content (AvgIpc) is 3.06. The van der Waals surface area contributed by atoms with Crippen molar-refractivity contribution >= 4 is 0 Å². The van der Waals surface area contributed by atoms with Crippen molar-refractivity contribution in [3.63, 3.8) is 0 Å². The van der Waals surface area contributed by atoms with E-state index in [9.17, 15) is 21.0 Å². The number of rotatable bonds is 8. The Bertz CT molecular complexity index is 1770. The molecule has 0 bridgehead atoms. The van der Waals surface area contributed by atoms with Gasteiger partial charge in [-0.1, -0.05) is 60.7 Å². The maximum Gasteiger partial charge on any atom is 0.124 e. The zero-order valence-electron chi connectivity index (χ0n) is 26.1. The molecule has 5 rings (SSSR count). The van der Waals surface area contributed by atoms with Gasteiger partial charge in [0, 0.05) is 33.9 Å². The quantitative estimate of drug-likeness (QED) is 0.271. The van der Waals surface area contributed by atoms with Crippen LogP contribution in [-0.4, -0.2) is 0 Å². The van der Waals surface area contributed by atoms with Crippen LogP contribution in [0.3, 0.4) is 0 Å². The van der Waals surface area contributed by atoms with Crippen molar-refractivity contribution in [3.8, 4) is 35.8 Å². The Hall–Kier alpha value is -6.22. The first-order valence-electron chi connectivity index (χ1n) is 14.8. The molecule has 8 nitrogen and oxygen atoms in total. The van der Waals surface area contributed by atoms with Crippen molar-refractivity contribution in [2.45, 2.75) is 52.7 Å². The van der Waals surface area contributed by atoms with Gasteiger partial charge in [-0.3, -0.25) is 0 Å². The summed E-state index contributed by atoms with van der Waals surface area (Å²) in [6.45, 7) is 7.95. The van der Waals surface area contributed by atoms with Gasteiger partial charge in [-0.2, -0.15) is 21.0 Å². The fourth-order valence-electron chi connectivity index (χ4n) is 5.96. The third-order valence-corrected chi connectivity index (χ3v) is 8.27. The lowest BCUT2D eigenvalue weighted by Gasteiger charge is -2.27. The van der Waals surface area contributed by atoms with E-state index in [1.807, 2.05) is 100 Å². The highest BCUT2D eigenvalue weighted by molar-refractivity contribution is 5.59. The van der Waals surface area contributed by atoms with E-state index in [0.29, 0.717) is 47.0 Å². The fraction of sp³-hybridized carbons (Fsp3) is 0.211. The summed E-state index contributed by atoms with van der Waals surface area (Å²) in [7, 11) is 0. The molecule has 0 spiro atoms. The van der Waals surface area contributed by atoms with E-state index in [-0.39, 0.29) is 0 Å². The Balaban J connectivity index is 1.31. The number of nitriles is 4. The van der Waals surface area contributed by atoms with Gasteiger partial charge in [0.2, 0.25) is 0 Å². The second-order valence-electron chi connectivity index (χ2n) is 11.2. The van der Waals surface area contributed by atoms with Gasteiger partial charge >= 0.3 is 0 Å². The maximum absolute atomic E-state index is 9.92. The number of hydrogen-bond donors (Lipinski definition) is 2. The zero-order valence-corrected chi connectivity index (χ0v) is 26.1. The van der Waals surface area contributed by atoms with Crippen molar-refractivity contribution in [2.24, 2.45) is 0 Å². The standard InChI is InChI=1S/C38H32N6O2/c1-23-31(17-39)37(32(18-40)24(2)43-23)29-9-5-7-11-35(29)45-21-27-13-15-28(16-14-27)22-46-36-12-8-6-10-30(36)38-33(19-41)25(3)44-26(4)34(38)20-42/h5-16,37-38,43-44H,21-22H2,1-4H3. The van der Waals surface area contributed by atoms with Crippen molar-refractivity contribution in [1.29, 1.82) is 21.0 Å². The molecule has 2 aliphatic rings. The number of benzene rings is 3. The number of para-hydroxylation sites is 2. The van der Waals surface area contributed by atoms with E-state index in [4.69, 9.17) is 9.47 Å². The lowest BCUT2D eigenvalue weighted by Crippen LogP contribution is -2.23. The Kier molecular flexibility index (Phi) is 9.23. The van der Waals surface area contributed by atoms with Crippen LogP contribution >= 0.6 is 0 Å². The molecule has 2 heterocycles. The molecule has 0 amide bonds. The van der Waals surface area contributed by atoms with E-state index < -0.39 is 11.8 Å². The molecule has 0 aromatic heterocycles. The number of nitrogens with zero attached hydrogens (tertiary/aromatic N) is 4. The lowest BCUT2D eigenvalue weighted by molar-refractivity contribution is 0.299. The monoisotopic (exact) mass is 604 g/mol. The molecule has 46 heavy (non-hydrogen) atoms. The molecule has 3 aromatic rings. The van der Waals surface area contributed by atoms with Gasteiger partial charge in [0.25, 0.3) is 0 Å². The van der Waals surface area contributed by atoms with Gasteiger partial charge in [-0.15, -0.1) is 0 Å². The Morgan fingerprint density at radius 3 is 1.11 bits per heavy atom. The predicted molar refractivity (Wildman–Crippen MR) is 173 cm³/mol. The van der Waals surface area contributed by atoms with Crippen LogP contribution in [0, 0.1) is 45.3 Å². The van der Waals surface area contributed by atoms with Crippen molar-refractivity contribution in [1.82, 2.24) is 10.6 Å². The lowest BCUT2D eigenvalue weighted by atomic mass is 9.81. The minimum atomic E-state index is -0.507. The minimum Gasteiger partial charge on any atom is -0.489 e. The third kappa shape index (κ3) is 6.07. The van der Waals surface area contributed by atoms with Gasteiger partial charge in [-0.25, -0.2) is 0 Å². The van der Waals surface area contributed by atoms with Crippen molar-refractivity contribution in [3.05, 3.63) is 140 Å². The third-order valence-electron chi connectivity index (χ3n) is 8.27. The van der Waals surface area contributed by atoms with Crippen LogP contribution in [0.15, 0.2) is 118 Å². The average molecular weight is 605 g/mol. The zero-order chi connectivity index (χ0) is 32.8. The van der Waals surface area contributed by atoms with Crippen molar-refractivity contribution < 1.29 is 9.47 Å². The van der Waals surface area contributed by atoms with Crippen LogP contribution in [-0.2, 0) is 13.2 Å². The molecule has 0 unspecified atom stereocenters. The van der Waals surface area contributed by atoms with E-state index in [2.05, 4.69) is 34.9 Å². The molecule has 0 saturated carbocycles. The summed E-state index contributed by atoms with van der Waals surface area (Å²) in [5, 5.41) is 46.0. The molecular weight excluding hydrogens is 572 g/mol. The van der Waals surface area contributed by atoms with Gasteiger partial charge in [0.1, 0.15) is 24.7 Å². The molecule has 0 atom stereocenters. The summed E-state index contributed by atoms with van der Waals surface area (Å²) >= 11 is 0. The first kappa shape index (κ1) is 31.2. The number of dihydropyridines is 2. The number of nitrogens with one attached hydrogen (secondary N) is 2. The van der Waals surface area contributed by atoms with E-state index in [0.717, 1.165) is 45.0 Å².